The maximum Gasteiger partial charge on any atom is 0.339 e. The first-order chi connectivity index (χ1) is 9.99. The van der Waals surface area contributed by atoms with Gasteiger partial charge in [-0.25, -0.2) is 4.79 Å². The van der Waals surface area contributed by atoms with Crippen molar-refractivity contribution in [2.45, 2.75) is 58.2 Å². The summed E-state index contributed by atoms with van der Waals surface area (Å²) in [6.07, 6.45) is 3.58. The van der Waals surface area contributed by atoms with E-state index in [4.69, 9.17) is 16.3 Å². The van der Waals surface area contributed by atoms with Gasteiger partial charge in [0.05, 0.1) is 10.6 Å². The summed E-state index contributed by atoms with van der Waals surface area (Å²) in [4.78, 5) is 14.6. The Morgan fingerprint density at radius 3 is 2.57 bits per heavy atom. The van der Waals surface area contributed by atoms with Crippen molar-refractivity contribution >= 4 is 17.6 Å². The Labute approximate surface area is 132 Å². The third-order valence-electron chi connectivity index (χ3n) is 4.25. The number of hydrogen-bond donors (Lipinski definition) is 0. The Balaban J connectivity index is 1.93. The molecule has 0 aliphatic carbocycles. The molecule has 1 aliphatic heterocycles. The number of halogens is 1. The Bertz CT molecular complexity index is 481. The van der Waals surface area contributed by atoms with Crippen molar-refractivity contribution in [3.8, 4) is 0 Å². The summed E-state index contributed by atoms with van der Waals surface area (Å²) in [5.41, 5.74) is 0.436. The van der Waals surface area contributed by atoms with E-state index in [1.807, 2.05) is 6.92 Å². The van der Waals surface area contributed by atoms with Crippen molar-refractivity contribution < 1.29 is 9.53 Å². The first-order valence-electron chi connectivity index (χ1n) is 7.70. The molecular weight excluding hydrogens is 286 g/mol. The van der Waals surface area contributed by atoms with E-state index in [0.717, 1.165) is 6.54 Å². The van der Waals surface area contributed by atoms with Crippen molar-refractivity contribution in [1.29, 1.82) is 0 Å². The number of piperidine rings is 1. The fraction of sp³-hybridized carbons (Fsp3) is 0.588. The highest BCUT2D eigenvalue weighted by Gasteiger charge is 2.27. The molecule has 3 nitrogen and oxygen atoms in total. The predicted molar refractivity (Wildman–Crippen MR) is 85.8 cm³/mol. The monoisotopic (exact) mass is 309 g/mol. The normalized spacial score (nSPS) is 24.6. The second-order valence-electron chi connectivity index (χ2n) is 6.02. The van der Waals surface area contributed by atoms with E-state index >= 15 is 0 Å². The Hall–Kier alpha value is -1.06. The fourth-order valence-corrected chi connectivity index (χ4v) is 3.25. The predicted octanol–water partition coefficient (Wildman–Crippen LogP) is 4.15. The van der Waals surface area contributed by atoms with Gasteiger partial charge < -0.3 is 4.74 Å². The average Bonchev–Trinajstić information content (AvgIpc) is 2.43. The molecule has 0 saturated carbocycles. The van der Waals surface area contributed by atoms with E-state index in [9.17, 15) is 4.79 Å². The first kappa shape index (κ1) is 16.3. The van der Waals surface area contributed by atoms with Gasteiger partial charge in [-0.3, -0.25) is 4.90 Å². The third kappa shape index (κ3) is 4.21. The molecule has 0 N–H and O–H groups in total. The van der Waals surface area contributed by atoms with Crippen LogP contribution in [0.3, 0.4) is 0 Å². The van der Waals surface area contributed by atoms with Crippen LogP contribution in [0.1, 0.15) is 50.4 Å². The van der Waals surface area contributed by atoms with Crippen LogP contribution in [0, 0.1) is 0 Å². The zero-order valence-electron chi connectivity index (χ0n) is 13.0. The second-order valence-corrected chi connectivity index (χ2v) is 6.43. The smallest absolute Gasteiger partial charge is 0.339 e. The minimum atomic E-state index is -0.342. The molecule has 0 amide bonds. The first-order valence-corrected chi connectivity index (χ1v) is 8.08. The van der Waals surface area contributed by atoms with Gasteiger partial charge in [0, 0.05) is 18.6 Å². The molecule has 4 heteroatoms. The molecule has 3 unspecified atom stereocenters. The minimum Gasteiger partial charge on any atom is -0.458 e. The second kappa shape index (κ2) is 7.28. The molecule has 1 saturated heterocycles. The highest BCUT2D eigenvalue weighted by molar-refractivity contribution is 6.33. The van der Waals surface area contributed by atoms with Gasteiger partial charge in [-0.05, 0) is 45.7 Å². The summed E-state index contributed by atoms with van der Waals surface area (Å²) in [5, 5.41) is 0.439. The summed E-state index contributed by atoms with van der Waals surface area (Å²) in [5.74, 6) is -0.342. The van der Waals surface area contributed by atoms with Gasteiger partial charge in [-0.15, -0.1) is 0 Å². The lowest BCUT2D eigenvalue weighted by Crippen LogP contribution is -2.47. The highest BCUT2D eigenvalue weighted by atomic mass is 35.5. The Kier molecular flexibility index (Phi) is 5.65. The number of esters is 1. The van der Waals surface area contributed by atoms with Gasteiger partial charge in [0.25, 0.3) is 0 Å². The summed E-state index contributed by atoms with van der Waals surface area (Å²) in [6.45, 7) is 7.22. The van der Waals surface area contributed by atoms with Crippen LogP contribution in [0.5, 0.6) is 0 Å². The largest absolute Gasteiger partial charge is 0.458 e. The maximum absolute atomic E-state index is 12.2. The van der Waals surface area contributed by atoms with Gasteiger partial charge in [-0.2, -0.15) is 0 Å². The molecule has 1 aromatic carbocycles. The number of carbonyl (C=O) groups excluding carboxylic acids is 1. The summed E-state index contributed by atoms with van der Waals surface area (Å²) in [7, 11) is 0. The number of hydrogen-bond acceptors (Lipinski definition) is 3. The lowest BCUT2D eigenvalue weighted by molar-refractivity contribution is 0.00813. The molecule has 21 heavy (non-hydrogen) atoms. The molecular formula is C17H24ClNO2. The summed E-state index contributed by atoms with van der Waals surface area (Å²) >= 11 is 6.03. The SMILES string of the molecule is CC(CN1C(C)CCCC1C)OC(=O)c1ccccc1Cl. The molecule has 2 rings (SSSR count). The van der Waals surface area contributed by atoms with Gasteiger partial charge in [0.2, 0.25) is 0 Å². The number of likely N-dealkylation sites (tertiary alicyclic amines) is 1. The van der Waals surface area contributed by atoms with Gasteiger partial charge in [0.1, 0.15) is 6.10 Å². The minimum absolute atomic E-state index is 0.142. The lowest BCUT2D eigenvalue weighted by atomic mass is 9.97. The molecule has 0 radical (unpaired) electrons. The average molecular weight is 310 g/mol. The van der Waals surface area contributed by atoms with Crippen molar-refractivity contribution in [2.75, 3.05) is 6.54 Å². The lowest BCUT2D eigenvalue weighted by Gasteiger charge is -2.40. The Morgan fingerprint density at radius 1 is 1.33 bits per heavy atom. The van der Waals surface area contributed by atoms with Crippen LogP contribution in [0.15, 0.2) is 24.3 Å². The number of carbonyl (C=O) groups is 1. The van der Waals surface area contributed by atoms with Crippen molar-refractivity contribution in [1.82, 2.24) is 4.90 Å². The van der Waals surface area contributed by atoms with E-state index in [1.54, 1.807) is 24.3 Å². The van der Waals surface area contributed by atoms with Gasteiger partial charge in [-0.1, -0.05) is 30.2 Å². The topological polar surface area (TPSA) is 29.5 Å². The molecule has 0 aromatic heterocycles. The van der Waals surface area contributed by atoms with Crippen molar-refractivity contribution in [3.63, 3.8) is 0 Å². The molecule has 116 valence electrons. The molecule has 1 fully saturated rings. The number of rotatable bonds is 4. The van der Waals surface area contributed by atoms with Crippen LogP contribution in [0.25, 0.3) is 0 Å². The van der Waals surface area contributed by atoms with Crippen LogP contribution >= 0.6 is 11.6 Å². The molecule has 1 aromatic rings. The van der Waals surface area contributed by atoms with E-state index in [0.29, 0.717) is 22.7 Å². The number of ether oxygens (including phenoxy) is 1. The standard InChI is InChI=1S/C17H24ClNO2/c1-12-7-6-8-13(2)19(12)11-14(3)21-17(20)15-9-4-5-10-16(15)18/h4-5,9-10,12-14H,6-8,11H2,1-3H3. The third-order valence-corrected chi connectivity index (χ3v) is 4.58. The Morgan fingerprint density at radius 2 is 1.95 bits per heavy atom. The maximum atomic E-state index is 12.2. The van der Waals surface area contributed by atoms with Crippen LogP contribution in [-0.2, 0) is 4.74 Å². The van der Waals surface area contributed by atoms with Crippen molar-refractivity contribution in [3.05, 3.63) is 34.9 Å². The van der Waals surface area contributed by atoms with E-state index in [-0.39, 0.29) is 12.1 Å². The van der Waals surface area contributed by atoms with Crippen molar-refractivity contribution in [2.24, 2.45) is 0 Å². The van der Waals surface area contributed by atoms with E-state index in [2.05, 4.69) is 18.7 Å². The zero-order valence-corrected chi connectivity index (χ0v) is 13.8. The van der Waals surface area contributed by atoms with Crippen LogP contribution in [0.2, 0.25) is 5.02 Å². The van der Waals surface area contributed by atoms with Gasteiger partial charge >= 0.3 is 5.97 Å². The molecule has 1 aliphatic rings. The zero-order chi connectivity index (χ0) is 15.4. The molecule has 0 bridgehead atoms. The number of nitrogens with zero attached hydrogens (tertiary/aromatic N) is 1. The summed E-state index contributed by atoms with van der Waals surface area (Å²) in [6, 6.07) is 8.10. The quantitative estimate of drug-likeness (QED) is 0.783. The summed E-state index contributed by atoms with van der Waals surface area (Å²) < 4.78 is 5.55. The van der Waals surface area contributed by atoms with Crippen LogP contribution in [-0.4, -0.2) is 35.6 Å². The highest BCUT2D eigenvalue weighted by Crippen LogP contribution is 2.23. The number of benzene rings is 1. The van der Waals surface area contributed by atoms with E-state index < -0.39 is 0 Å². The van der Waals surface area contributed by atoms with Gasteiger partial charge in [0.15, 0.2) is 0 Å². The van der Waals surface area contributed by atoms with E-state index in [1.165, 1.54) is 19.3 Å². The van der Waals surface area contributed by atoms with Crippen LogP contribution in [0.4, 0.5) is 0 Å². The molecule has 1 heterocycles. The van der Waals surface area contributed by atoms with Crippen LogP contribution < -0.4 is 0 Å². The molecule has 0 spiro atoms. The molecule has 3 atom stereocenters. The fourth-order valence-electron chi connectivity index (χ4n) is 3.04.